The van der Waals surface area contributed by atoms with E-state index in [4.69, 9.17) is 10.00 Å². The normalized spacial score (nSPS) is 10.2. The molecule has 108 valence electrons. The number of rotatable bonds is 3. The minimum Gasteiger partial charge on any atom is -0.496 e. The van der Waals surface area contributed by atoms with Gasteiger partial charge in [0.15, 0.2) is 5.69 Å². The molecule has 3 rings (SSSR count). The molecule has 0 spiro atoms. The molecule has 22 heavy (non-hydrogen) atoms. The van der Waals surface area contributed by atoms with Gasteiger partial charge in [0.2, 0.25) is 0 Å². The van der Waals surface area contributed by atoms with Gasteiger partial charge in [0, 0.05) is 11.6 Å². The summed E-state index contributed by atoms with van der Waals surface area (Å²) < 4.78 is 7.09. The third-order valence-corrected chi connectivity index (χ3v) is 3.52. The number of ether oxygens (including phenoxy) is 1. The fourth-order valence-corrected chi connectivity index (χ4v) is 2.45. The standard InChI is InChI=1S/C18H15N3O/c1-13-10-14(8-9-18(13)22-2)17-11-15(12-19)20-21(17)16-6-4-3-5-7-16/h3-11H,1-2H3. The predicted octanol–water partition coefficient (Wildman–Crippen LogP) is 3.73. The van der Waals surface area contributed by atoms with E-state index in [-0.39, 0.29) is 0 Å². The lowest BCUT2D eigenvalue weighted by Gasteiger charge is -2.10. The average molecular weight is 289 g/mol. The highest BCUT2D eigenvalue weighted by molar-refractivity contribution is 5.65. The van der Waals surface area contributed by atoms with Crippen molar-refractivity contribution >= 4 is 0 Å². The van der Waals surface area contributed by atoms with Crippen LogP contribution in [-0.2, 0) is 0 Å². The van der Waals surface area contributed by atoms with Crippen molar-refractivity contribution in [1.29, 1.82) is 5.26 Å². The molecule has 0 atom stereocenters. The van der Waals surface area contributed by atoms with Crippen molar-refractivity contribution in [1.82, 2.24) is 9.78 Å². The van der Waals surface area contributed by atoms with Crippen molar-refractivity contribution in [2.45, 2.75) is 6.92 Å². The number of nitrogens with zero attached hydrogens (tertiary/aromatic N) is 3. The second-order valence-corrected chi connectivity index (χ2v) is 4.96. The topological polar surface area (TPSA) is 50.8 Å². The lowest BCUT2D eigenvalue weighted by Crippen LogP contribution is -1.99. The first kappa shape index (κ1) is 13.9. The molecular formula is C18H15N3O. The Morgan fingerprint density at radius 2 is 1.86 bits per heavy atom. The maximum absolute atomic E-state index is 9.16. The average Bonchev–Trinajstić information content (AvgIpc) is 3.00. The van der Waals surface area contributed by atoms with Crippen molar-refractivity contribution in [2.24, 2.45) is 0 Å². The molecule has 3 aromatic rings. The monoisotopic (exact) mass is 289 g/mol. The molecule has 0 unspecified atom stereocenters. The zero-order chi connectivity index (χ0) is 15.5. The SMILES string of the molecule is COc1ccc(-c2cc(C#N)nn2-c2ccccc2)cc1C. The zero-order valence-electron chi connectivity index (χ0n) is 12.4. The Balaban J connectivity index is 2.17. The number of benzene rings is 2. The Labute approximate surface area is 129 Å². The summed E-state index contributed by atoms with van der Waals surface area (Å²) in [6, 6.07) is 19.6. The molecule has 0 saturated carbocycles. The summed E-state index contributed by atoms with van der Waals surface area (Å²) in [7, 11) is 1.66. The van der Waals surface area contributed by atoms with Crippen LogP contribution < -0.4 is 4.74 Å². The Kier molecular flexibility index (Phi) is 3.63. The van der Waals surface area contributed by atoms with E-state index in [1.807, 2.05) is 55.5 Å². The van der Waals surface area contributed by atoms with E-state index in [1.54, 1.807) is 17.9 Å². The van der Waals surface area contributed by atoms with Gasteiger partial charge in [-0.05, 0) is 42.8 Å². The minimum atomic E-state index is 0.396. The van der Waals surface area contributed by atoms with E-state index >= 15 is 0 Å². The van der Waals surface area contributed by atoms with E-state index in [2.05, 4.69) is 11.2 Å². The third-order valence-electron chi connectivity index (χ3n) is 3.52. The molecule has 4 heteroatoms. The van der Waals surface area contributed by atoms with Gasteiger partial charge in [0.05, 0.1) is 18.5 Å². The molecule has 0 radical (unpaired) electrons. The van der Waals surface area contributed by atoms with Gasteiger partial charge in [-0.3, -0.25) is 0 Å². The van der Waals surface area contributed by atoms with Crippen molar-refractivity contribution in [2.75, 3.05) is 7.11 Å². The van der Waals surface area contributed by atoms with E-state index in [9.17, 15) is 0 Å². The van der Waals surface area contributed by atoms with Crippen LogP contribution in [0.1, 0.15) is 11.3 Å². The lowest BCUT2D eigenvalue weighted by atomic mass is 10.1. The van der Waals surface area contributed by atoms with Gasteiger partial charge in [-0.2, -0.15) is 10.4 Å². The summed E-state index contributed by atoms with van der Waals surface area (Å²) in [4.78, 5) is 0. The number of para-hydroxylation sites is 1. The molecule has 0 aliphatic heterocycles. The quantitative estimate of drug-likeness (QED) is 0.738. The van der Waals surface area contributed by atoms with Crippen LogP contribution in [0.4, 0.5) is 0 Å². The number of methoxy groups -OCH3 is 1. The molecule has 0 fully saturated rings. The Hall–Kier alpha value is -3.06. The van der Waals surface area contributed by atoms with E-state index in [0.717, 1.165) is 28.3 Å². The molecule has 0 N–H and O–H groups in total. The fourth-order valence-electron chi connectivity index (χ4n) is 2.45. The van der Waals surface area contributed by atoms with Crippen molar-refractivity contribution in [3.05, 3.63) is 65.9 Å². The Bertz CT molecular complexity index is 845. The second kappa shape index (κ2) is 5.74. The predicted molar refractivity (Wildman–Crippen MR) is 85.0 cm³/mol. The van der Waals surface area contributed by atoms with Gasteiger partial charge >= 0.3 is 0 Å². The van der Waals surface area contributed by atoms with Gasteiger partial charge in [0.1, 0.15) is 11.8 Å². The van der Waals surface area contributed by atoms with E-state index in [0.29, 0.717) is 5.69 Å². The third kappa shape index (κ3) is 2.45. The van der Waals surface area contributed by atoms with Crippen molar-refractivity contribution < 1.29 is 4.74 Å². The van der Waals surface area contributed by atoms with Crippen molar-refractivity contribution in [3.8, 4) is 28.8 Å². The van der Waals surface area contributed by atoms with Crippen LogP contribution in [0.15, 0.2) is 54.6 Å². The molecule has 0 aliphatic carbocycles. The first-order valence-corrected chi connectivity index (χ1v) is 6.93. The maximum Gasteiger partial charge on any atom is 0.163 e. The van der Waals surface area contributed by atoms with E-state index in [1.165, 1.54) is 0 Å². The van der Waals surface area contributed by atoms with Crippen LogP contribution in [0.5, 0.6) is 5.75 Å². The molecule has 0 aliphatic rings. The molecule has 4 nitrogen and oxygen atoms in total. The minimum absolute atomic E-state index is 0.396. The molecule has 2 aromatic carbocycles. The van der Waals surface area contributed by atoms with Crippen LogP contribution in [-0.4, -0.2) is 16.9 Å². The molecule has 0 saturated heterocycles. The summed E-state index contributed by atoms with van der Waals surface area (Å²) in [5, 5.41) is 13.5. The summed E-state index contributed by atoms with van der Waals surface area (Å²) in [6.07, 6.45) is 0. The van der Waals surface area contributed by atoms with Gasteiger partial charge in [-0.1, -0.05) is 18.2 Å². The zero-order valence-corrected chi connectivity index (χ0v) is 12.4. The Morgan fingerprint density at radius 3 is 2.50 bits per heavy atom. The van der Waals surface area contributed by atoms with Crippen molar-refractivity contribution in [3.63, 3.8) is 0 Å². The van der Waals surface area contributed by atoms with Crippen LogP contribution in [0, 0.1) is 18.3 Å². The number of hydrogen-bond acceptors (Lipinski definition) is 3. The van der Waals surface area contributed by atoms with Gasteiger partial charge < -0.3 is 4.74 Å². The van der Waals surface area contributed by atoms with Crippen LogP contribution >= 0.6 is 0 Å². The summed E-state index contributed by atoms with van der Waals surface area (Å²) in [6.45, 7) is 2.00. The second-order valence-electron chi connectivity index (χ2n) is 4.96. The number of nitriles is 1. The van der Waals surface area contributed by atoms with Gasteiger partial charge in [-0.15, -0.1) is 0 Å². The summed E-state index contributed by atoms with van der Waals surface area (Å²) in [5.74, 6) is 0.843. The smallest absolute Gasteiger partial charge is 0.163 e. The highest BCUT2D eigenvalue weighted by Crippen LogP contribution is 2.28. The van der Waals surface area contributed by atoms with Gasteiger partial charge in [0.25, 0.3) is 0 Å². The van der Waals surface area contributed by atoms with E-state index < -0.39 is 0 Å². The first-order chi connectivity index (χ1) is 10.7. The molecule has 0 amide bonds. The molecule has 1 heterocycles. The Morgan fingerprint density at radius 1 is 1.09 bits per heavy atom. The van der Waals surface area contributed by atoms with Crippen LogP contribution in [0.25, 0.3) is 16.9 Å². The molecule has 1 aromatic heterocycles. The highest BCUT2D eigenvalue weighted by Gasteiger charge is 2.12. The molecule has 0 bridgehead atoms. The number of aromatic nitrogens is 2. The van der Waals surface area contributed by atoms with Gasteiger partial charge in [-0.25, -0.2) is 4.68 Å². The number of hydrogen-bond donors (Lipinski definition) is 0. The van der Waals surface area contributed by atoms with Crippen LogP contribution in [0.3, 0.4) is 0 Å². The fraction of sp³-hybridized carbons (Fsp3) is 0.111. The lowest BCUT2D eigenvalue weighted by molar-refractivity contribution is 0.412. The number of aryl methyl sites for hydroxylation is 1. The summed E-state index contributed by atoms with van der Waals surface area (Å²) in [5.41, 5.74) is 4.24. The molecular weight excluding hydrogens is 274 g/mol. The maximum atomic E-state index is 9.16. The first-order valence-electron chi connectivity index (χ1n) is 6.93. The summed E-state index contributed by atoms with van der Waals surface area (Å²) >= 11 is 0. The largest absolute Gasteiger partial charge is 0.496 e. The highest BCUT2D eigenvalue weighted by atomic mass is 16.5. The van der Waals surface area contributed by atoms with Crippen LogP contribution in [0.2, 0.25) is 0 Å².